The molecule has 2 unspecified atom stereocenters. The monoisotopic (exact) mass is 256 g/mol. The van der Waals surface area contributed by atoms with E-state index in [1.807, 2.05) is 24.3 Å². The fourth-order valence-electron chi connectivity index (χ4n) is 2.79. The Labute approximate surface area is 113 Å². The molecule has 2 aromatic rings. The average Bonchev–Trinajstić information content (AvgIpc) is 2.64. The topological polar surface area (TPSA) is 45.1 Å². The lowest BCUT2D eigenvalue weighted by atomic mass is 10.1. The van der Waals surface area contributed by atoms with Crippen molar-refractivity contribution in [3.05, 3.63) is 36.4 Å². The van der Waals surface area contributed by atoms with E-state index in [9.17, 15) is 5.11 Å². The van der Waals surface area contributed by atoms with Crippen molar-refractivity contribution in [3.63, 3.8) is 0 Å². The van der Waals surface area contributed by atoms with Crippen LogP contribution in [0.25, 0.3) is 10.9 Å². The smallest absolute Gasteiger partial charge is 0.126 e. The second-order valence-corrected chi connectivity index (χ2v) is 5.35. The summed E-state index contributed by atoms with van der Waals surface area (Å²) < 4.78 is 0. The molecule has 2 atom stereocenters. The molecule has 2 N–H and O–H groups in total. The Hall–Kier alpha value is -1.61. The van der Waals surface area contributed by atoms with Gasteiger partial charge in [-0.1, -0.05) is 37.5 Å². The summed E-state index contributed by atoms with van der Waals surface area (Å²) in [7, 11) is 0. The molecule has 3 rings (SSSR count). The van der Waals surface area contributed by atoms with E-state index in [1.165, 1.54) is 12.8 Å². The van der Waals surface area contributed by atoms with Crippen molar-refractivity contribution < 1.29 is 5.11 Å². The second-order valence-electron chi connectivity index (χ2n) is 5.35. The largest absolute Gasteiger partial charge is 0.391 e. The number of aromatic nitrogens is 1. The third kappa shape index (κ3) is 2.87. The first kappa shape index (κ1) is 12.4. The lowest BCUT2D eigenvalue weighted by molar-refractivity contribution is 0.144. The van der Waals surface area contributed by atoms with Crippen LogP contribution in [-0.4, -0.2) is 22.2 Å². The van der Waals surface area contributed by atoms with Crippen molar-refractivity contribution in [3.8, 4) is 0 Å². The number of fused-ring (bicyclic) bond motifs is 1. The summed E-state index contributed by atoms with van der Waals surface area (Å²) in [6, 6.07) is 12.3. The molecule has 1 heterocycles. The van der Waals surface area contributed by atoms with Gasteiger partial charge in [-0.3, -0.25) is 0 Å². The Balaban J connectivity index is 1.80. The normalized spacial score (nSPS) is 24.1. The van der Waals surface area contributed by atoms with Gasteiger partial charge in [-0.25, -0.2) is 4.98 Å². The summed E-state index contributed by atoms with van der Waals surface area (Å²) in [5, 5.41) is 14.7. The first-order valence-electron chi connectivity index (χ1n) is 7.13. The summed E-state index contributed by atoms with van der Waals surface area (Å²) in [6.45, 7) is 0. The van der Waals surface area contributed by atoms with Gasteiger partial charge in [-0.05, 0) is 31.0 Å². The van der Waals surface area contributed by atoms with Gasteiger partial charge in [0.05, 0.1) is 17.7 Å². The predicted octanol–water partition coefficient (Wildman–Crippen LogP) is 3.34. The number of aliphatic hydroxyl groups is 1. The number of hydrogen-bond acceptors (Lipinski definition) is 3. The van der Waals surface area contributed by atoms with Crippen molar-refractivity contribution in [2.24, 2.45) is 0 Å². The predicted molar refractivity (Wildman–Crippen MR) is 78.2 cm³/mol. The van der Waals surface area contributed by atoms with Gasteiger partial charge in [0.15, 0.2) is 0 Å². The van der Waals surface area contributed by atoms with Crippen LogP contribution in [0.5, 0.6) is 0 Å². The van der Waals surface area contributed by atoms with Crippen LogP contribution in [-0.2, 0) is 0 Å². The average molecular weight is 256 g/mol. The van der Waals surface area contributed by atoms with Crippen molar-refractivity contribution in [1.29, 1.82) is 0 Å². The highest BCUT2D eigenvalue weighted by atomic mass is 16.3. The maximum atomic E-state index is 10.1. The van der Waals surface area contributed by atoms with E-state index in [0.717, 1.165) is 36.0 Å². The third-order valence-electron chi connectivity index (χ3n) is 3.91. The number of rotatable bonds is 2. The molecule has 0 bridgehead atoms. The highest BCUT2D eigenvalue weighted by molar-refractivity contribution is 5.80. The van der Waals surface area contributed by atoms with Gasteiger partial charge in [-0.2, -0.15) is 0 Å². The number of benzene rings is 1. The minimum atomic E-state index is -0.254. The van der Waals surface area contributed by atoms with Crippen LogP contribution in [0.15, 0.2) is 36.4 Å². The summed E-state index contributed by atoms with van der Waals surface area (Å²) >= 11 is 0. The fourth-order valence-corrected chi connectivity index (χ4v) is 2.79. The standard InChI is InChI=1S/C16H20N2O/c19-15-9-3-1-2-8-14(15)18-16-11-10-12-6-4-5-7-13(12)17-16/h4-7,10-11,14-15,19H,1-3,8-9H2,(H,17,18). The Kier molecular flexibility index (Phi) is 3.65. The number of anilines is 1. The van der Waals surface area contributed by atoms with E-state index in [-0.39, 0.29) is 12.1 Å². The summed E-state index contributed by atoms with van der Waals surface area (Å²) in [6.07, 6.45) is 5.20. The van der Waals surface area contributed by atoms with Gasteiger partial charge in [0, 0.05) is 5.39 Å². The van der Waals surface area contributed by atoms with E-state index in [1.54, 1.807) is 0 Å². The van der Waals surface area contributed by atoms with Crippen LogP contribution in [0.2, 0.25) is 0 Å². The van der Waals surface area contributed by atoms with Gasteiger partial charge >= 0.3 is 0 Å². The van der Waals surface area contributed by atoms with Gasteiger partial charge < -0.3 is 10.4 Å². The maximum absolute atomic E-state index is 10.1. The zero-order chi connectivity index (χ0) is 13.1. The van der Waals surface area contributed by atoms with Crippen LogP contribution in [0.3, 0.4) is 0 Å². The van der Waals surface area contributed by atoms with E-state index in [2.05, 4.69) is 22.4 Å². The molecule has 0 saturated heterocycles. The van der Waals surface area contributed by atoms with Crippen LogP contribution < -0.4 is 5.32 Å². The van der Waals surface area contributed by atoms with Gasteiger partial charge in [0.1, 0.15) is 5.82 Å². The van der Waals surface area contributed by atoms with Crippen LogP contribution in [0, 0.1) is 0 Å². The summed E-state index contributed by atoms with van der Waals surface area (Å²) in [5.74, 6) is 0.865. The fraction of sp³-hybridized carbons (Fsp3) is 0.438. The number of para-hydroxylation sites is 1. The molecule has 0 amide bonds. The van der Waals surface area contributed by atoms with E-state index in [4.69, 9.17) is 0 Å². The quantitative estimate of drug-likeness (QED) is 0.810. The molecule has 100 valence electrons. The SMILES string of the molecule is OC1CCCCCC1Nc1ccc2ccccc2n1. The van der Waals surface area contributed by atoms with E-state index >= 15 is 0 Å². The molecule has 1 aromatic carbocycles. The molecule has 1 fully saturated rings. The minimum Gasteiger partial charge on any atom is -0.391 e. The van der Waals surface area contributed by atoms with Crippen molar-refractivity contribution in [2.45, 2.75) is 44.2 Å². The minimum absolute atomic E-state index is 0.135. The van der Waals surface area contributed by atoms with Crippen LogP contribution in [0.1, 0.15) is 32.1 Å². The van der Waals surface area contributed by atoms with Crippen molar-refractivity contribution in [1.82, 2.24) is 4.98 Å². The van der Waals surface area contributed by atoms with E-state index < -0.39 is 0 Å². The Morgan fingerprint density at radius 1 is 1.00 bits per heavy atom. The number of hydrogen-bond donors (Lipinski definition) is 2. The highest BCUT2D eigenvalue weighted by Crippen LogP contribution is 2.22. The molecule has 0 spiro atoms. The zero-order valence-corrected chi connectivity index (χ0v) is 11.0. The van der Waals surface area contributed by atoms with Crippen LogP contribution >= 0.6 is 0 Å². The van der Waals surface area contributed by atoms with Crippen LogP contribution in [0.4, 0.5) is 5.82 Å². The molecular weight excluding hydrogens is 236 g/mol. The van der Waals surface area contributed by atoms with E-state index in [0.29, 0.717) is 0 Å². The molecule has 0 radical (unpaired) electrons. The highest BCUT2D eigenvalue weighted by Gasteiger charge is 2.21. The number of nitrogens with one attached hydrogen (secondary N) is 1. The zero-order valence-electron chi connectivity index (χ0n) is 11.0. The first-order chi connectivity index (χ1) is 9.33. The number of nitrogens with zero attached hydrogens (tertiary/aromatic N) is 1. The molecule has 3 nitrogen and oxygen atoms in total. The van der Waals surface area contributed by atoms with Crippen molar-refractivity contribution in [2.75, 3.05) is 5.32 Å². The Bertz CT molecular complexity index is 555. The molecule has 19 heavy (non-hydrogen) atoms. The molecule has 1 aliphatic rings. The lowest BCUT2D eigenvalue weighted by Crippen LogP contribution is -2.32. The van der Waals surface area contributed by atoms with Gasteiger partial charge in [0.25, 0.3) is 0 Å². The Morgan fingerprint density at radius 2 is 1.84 bits per heavy atom. The van der Waals surface area contributed by atoms with Crippen molar-refractivity contribution >= 4 is 16.7 Å². The molecule has 0 aliphatic heterocycles. The van der Waals surface area contributed by atoms with Gasteiger partial charge in [-0.15, -0.1) is 0 Å². The lowest BCUT2D eigenvalue weighted by Gasteiger charge is -2.22. The molecular formula is C16H20N2O. The van der Waals surface area contributed by atoms with Gasteiger partial charge in [0.2, 0.25) is 0 Å². The molecule has 3 heteroatoms. The molecule has 1 aliphatic carbocycles. The molecule has 1 aromatic heterocycles. The maximum Gasteiger partial charge on any atom is 0.126 e. The molecule has 1 saturated carbocycles. The first-order valence-corrected chi connectivity index (χ1v) is 7.13. The third-order valence-corrected chi connectivity index (χ3v) is 3.91. The number of aliphatic hydroxyl groups excluding tert-OH is 1. The second kappa shape index (κ2) is 5.57. The number of pyridine rings is 1. The summed E-state index contributed by atoms with van der Waals surface area (Å²) in [5.41, 5.74) is 0.996. The summed E-state index contributed by atoms with van der Waals surface area (Å²) in [4.78, 5) is 4.61. The Morgan fingerprint density at radius 3 is 2.79 bits per heavy atom.